The van der Waals surface area contributed by atoms with Crippen LogP contribution in [0.1, 0.15) is 0 Å². The molecular weight excluding hydrogens is 398 g/mol. The highest BCUT2D eigenvalue weighted by molar-refractivity contribution is 5.84. The van der Waals surface area contributed by atoms with Crippen molar-refractivity contribution in [3.05, 3.63) is 103 Å². The first-order valence-electron chi connectivity index (χ1n) is 10.4. The summed E-state index contributed by atoms with van der Waals surface area (Å²) in [6, 6.07) is 34.6. The maximum atomic E-state index is 6.03. The summed E-state index contributed by atoms with van der Waals surface area (Å²) >= 11 is 0. The molecule has 0 fully saturated rings. The van der Waals surface area contributed by atoms with Crippen LogP contribution in [-0.2, 0) is 0 Å². The summed E-state index contributed by atoms with van der Waals surface area (Å²) in [5.41, 5.74) is 5.04. The normalized spacial score (nSPS) is 10.8. The van der Waals surface area contributed by atoms with Gasteiger partial charge in [0.05, 0.1) is 14.2 Å². The van der Waals surface area contributed by atoms with Gasteiger partial charge in [-0.25, -0.2) is 0 Å². The van der Waals surface area contributed by atoms with Crippen molar-refractivity contribution in [3.8, 4) is 22.8 Å². The number of anilines is 3. The predicted octanol–water partition coefficient (Wildman–Crippen LogP) is 7.59. The third-order valence-electron chi connectivity index (χ3n) is 5.50. The lowest BCUT2D eigenvalue weighted by molar-refractivity contribution is 0.415. The highest BCUT2D eigenvalue weighted by Gasteiger charge is 2.14. The van der Waals surface area contributed by atoms with Crippen molar-refractivity contribution in [2.75, 3.05) is 19.1 Å². The van der Waals surface area contributed by atoms with Crippen LogP contribution in [0, 0.1) is 0 Å². The van der Waals surface area contributed by atoms with Crippen molar-refractivity contribution >= 4 is 28.0 Å². The molecule has 1 aromatic heterocycles. The lowest BCUT2D eigenvalue weighted by Crippen LogP contribution is -2.09. The number of nitrogens with zero attached hydrogens (tertiary/aromatic N) is 1. The first kappa shape index (κ1) is 19.8. The molecule has 5 rings (SSSR count). The number of ether oxygens (including phenoxy) is 2. The van der Waals surface area contributed by atoms with Gasteiger partial charge >= 0.3 is 0 Å². The highest BCUT2D eigenvalue weighted by Crippen LogP contribution is 2.37. The van der Waals surface area contributed by atoms with Crippen LogP contribution in [-0.4, -0.2) is 14.2 Å². The van der Waals surface area contributed by atoms with E-state index in [4.69, 9.17) is 13.9 Å². The summed E-state index contributed by atoms with van der Waals surface area (Å²) in [6.07, 6.45) is 0. The van der Waals surface area contributed by atoms with Crippen molar-refractivity contribution < 1.29 is 13.9 Å². The number of benzene rings is 4. The Labute approximate surface area is 187 Å². The van der Waals surface area contributed by atoms with E-state index >= 15 is 0 Å². The second-order valence-corrected chi connectivity index (χ2v) is 7.43. The summed E-state index contributed by atoms with van der Waals surface area (Å²) in [7, 11) is 3.35. The monoisotopic (exact) mass is 421 g/mol. The SMILES string of the molecule is COc1ccc(N(c2ccc(OC)cc2)c2ccc(-c3cc4ccccc4o3)cc2)cc1. The van der Waals surface area contributed by atoms with E-state index in [1.54, 1.807) is 14.2 Å². The van der Waals surface area contributed by atoms with Gasteiger partial charge in [0.1, 0.15) is 22.8 Å². The largest absolute Gasteiger partial charge is 0.497 e. The molecule has 0 aliphatic rings. The van der Waals surface area contributed by atoms with Gasteiger partial charge in [-0.3, -0.25) is 0 Å². The number of rotatable bonds is 6. The number of hydrogen-bond acceptors (Lipinski definition) is 4. The van der Waals surface area contributed by atoms with Crippen LogP contribution in [0.15, 0.2) is 108 Å². The van der Waals surface area contributed by atoms with Crippen molar-refractivity contribution in [3.63, 3.8) is 0 Å². The van der Waals surface area contributed by atoms with Gasteiger partial charge in [-0.2, -0.15) is 0 Å². The quantitative estimate of drug-likeness (QED) is 0.283. The van der Waals surface area contributed by atoms with Crippen LogP contribution in [0.5, 0.6) is 11.5 Å². The average molecular weight is 421 g/mol. The number of furan rings is 1. The summed E-state index contributed by atoms with van der Waals surface area (Å²) in [5.74, 6) is 2.51. The summed E-state index contributed by atoms with van der Waals surface area (Å²) in [5, 5.41) is 1.10. The van der Waals surface area contributed by atoms with E-state index < -0.39 is 0 Å². The molecule has 4 aromatic carbocycles. The fraction of sp³-hybridized carbons (Fsp3) is 0.0714. The van der Waals surface area contributed by atoms with Crippen molar-refractivity contribution in [1.82, 2.24) is 0 Å². The smallest absolute Gasteiger partial charge is 0.135 e. The Morgan fingerprint density at radius 2 is 1.09 bits per heavy atom. The van der Waals surface area contributed by atoms with Gasteiger partial charge in [-0.05, 0) is 84.9 Å². The van der Waals surface area contributed by atoms with Gasteiger partial charge in [-0.1, -0.05) is 18.2 Å². The van der Waals surface area contributed by atoms with E-state index in [-0.39, 0.29) is 0 Å². The first-order chi connectivity index (χ1) is 15.7. The fourth-order valence-electron chi connectivity index (χ4n) is 3.81. The molecule has 32 heavy (non-hydrogen) atoms. The van der Waals surface area contributed by atoms with Gasteiger partial charge in [0, 0.05) is 28.0 Å². The lowest BCUT2D eigenvalue weighted by atomic mass is 10.1. The molecule has 0 saturated carbocycles. The zero-order valence-electron chi connectivity index (χ0n) is 18.0. The maximum absolute atomic E-state index is 6.03. The molecular formula is C28H23NO3. The summed E-state index contributed by atoms with van der Waals surface area (Å²) in [4.78, 5) is 2.20. The Hall–Kier alpha value is -4.18. The minimum atomic E-state index is 0.823. The molecule has 0 amide bonds. The Balaban J connectivity index is 1.53. The molecule has 0 unspecified atom stereocenters. The van der Waals surface area contributed by atoms with E-state index in [2.05, 4.69) is 65.6 Å². The molecule has 0 N–H and O–H groups in total. The third kappa shape index (κ3) is 3.79. The molecule has 0 atom stereocenters. The van der Waals surface area contributed by atoms with Gasteiger partial charge in [0.2, 0.25) is 0 Å². The Morgan fingerprint density at radius 1 is 0.594 bits per heavy atom. The van der Waals surface area contributed by atoms with Crippen LogP contribution in [0.4, 0.5) is 17.1 Å². The Morgan fingerprint density at radius 3 is 1.59 bits per heavy atom. The van der Waals surface area contributed by atoms with Crippen molar-refractivity contribution in [2.24, 2.45) is 0 Å². The van der Waals surface area contributed by atoms with Crippen LogP contribution in [0.25, 0.3) is 22.3 Å². The minimum absolute atomic E-state index is 0.823. The van der Waals surface area contributed by atoms with E-state index in [0.717, 1.165) is 50.9 Å². The van der Waals surface area contributed by atoms with Crippen molar-refractivity contribution in [2.45, 2.75) is 0 Å². The van der Waals surface area contributed by atoms with Crippen LogP contribution >= 0.6 is 0 Å². The average Bonchev–Trinajstić information content (AvgIpc) is 3.30. The van der Waals surface area contributed by atoms with Crippen LogP contribution in [0.2, 0.25) is 0 Å². The standard InChI is InChI=1S/C28H23NO3/c1-30-25-15-11-23(12-16-25)29(24-13-17-26(31-2)18-14-24)22-9-7-20(8-10-22)28-19-21-5-3-4-6-27(21)32-28/h3-19H,1-2H3. The molecule has 158 valence electrons. The molecule has 4 heteroatoms. The van der Waals surface area contributed by atoms with Crippen molar-refractivity contribution in [1.29, 1.82) is 0 Å². The highest BCUT2D eigenvalue weighted by atomic mass is 16.5. The molecule has 0 aliphatic heterocycles. The second kappa shape index (κ2) is 8.52. The fourth-order valence-corrected chi connectivity index (χ4v) is 3.81. The van der Waals surface area contributed by atoms with Crippen LogP contribution in [0.3, 0.4) is 0 Å². The zero-order valence-corrected chi connectivity index (χ0v) is 18.0. The number of hydrogen-bond donors (Lipinski definition) is 0. The third-order valence-corrected chi connectivity index (χ3v) is 5.50. The van der Waals surface area contributed by atoms with Gasteiger partial charge < -0.3 is 18.8 Å². The molecule has 1 heterocycles. The van der Waals surface area contributed by atoms with E-state index in [0.29, 0.717) is 0 Å². The molecule has 0 aliphatic carbocycles. The van der Waals surface area contributed by atoms with E-state index in [1.807, 2.05) is 42.5 Å². The maximum Gasteiger partial charge on any atom is 0.135 e. The molecule has 5 aromatic rings. The summed E-state index contributed by atoms with van der Waals surface area (Å²) < 4.78 is 16.7. The number of fused-ring (bicyclic) bond motifs is 1. The lowest BCUT2D eigenvalue weighted by Gasteiger charge is -2.26. The summed E-state index contributed by atoms with van der Waals surface area (Å²) in [6.45, 7) is 0. The zero-order chi connectivity index (χ0) is 21.9. The molecule has 0 spiro atoms. The van der Waals surface area contributed by atoms with Gasteiger partial charge in [0.25, 0.3) is 0 Å². The topological polar surface area (TPSA) is 34.8 Å². The number of methoxy groups -OCH3 is 2. The van der Waals surface area contributed by atoms with Crippen LogP contribution < -0.4 is 14.4 Å². The molecule has 0 saturated heterocycles. The minimum Gasteiger partial charge on any atom is -0.497 e. The van der Waals surface area contributed by atoms with E-state index in [9.17, 15) is 0 Å². The van der Waals surface area contributed by atoms with E-state index in [1.165, 1.54) is 0 Å². The Bertz CT molecular complexity index is 1240. The van der Waals surface area contributed by atoms with Gasteiger partial charge in [0.15, 0.2) is 0 Å². The second-order valence-electron chi connectivity index (χ2n) is 7.43. The molecule has 0 bridgehead atoms. The van der Waals surface area contributed by atoms with Gasteiger partial charge in [-0.15, -0.1) is 0 Å². The Kier molecular flexibility index (Phi) is 5.26. The number of para-hydroxylation sites is 1. The molecule has 0 radical (unpaired) electrons. The molecule has 4 nitrogen and oxygen atoms in total. The first-order valence-corrected chi connectivity index (χ1v) is 10.4. The predicted molar refractivity (Wildman–Crippen MR) is 129 cm³/mol.